The van der Waals surface area contributed by atoms with Crippen LogP contribution in [-0.2, 0) is 0 Å². The van der Waals surface area contributed by atoms with Crippen molar-refractivity contribution in [3.05, 3.63) is 0 Å². The molecule has 1 N–H and O–H groups in total. The van der Waals surface area contributed by atoms with Gasteiger partial charge in [0.2, 0.25) is 0 Å². The fourth-order valence-electron chi connectivity index (χ4n) is 0.910. The number of hydrazone groups is 1. The van der Waals surface area contributed by atoms with Crippen LogP contribution in [0, 0.1) is 5.92 Å². The topological polar surface area (TPSA) is 27.6 Å². The zero-order valence-electron chi connectivity index (χ0n) is 6.21. The lowest BCUT2D eigenvalue weighted by atomic mass is 10.1. The van der Waals surface area contributed by atoms with E-state index in [9.17, 15) is 0 Å². The normalized spacial score (nSPS) is 24.0. The summed E-state index contributed by atoms with van der Waals surface area (Å²) in [7, 11) is 0. The first kappa shape index (κ1) is 7.66. The van der Waals surface area contributed by atoms with Gasteiger partial charge in [0, 0.05) is 11.8 Å². The summed E-state index contributed by atoms with van der Waals surface area (Å²) < 4.78 is 1.57. The Bertz CT molecular complexity index is 135. The molecule has 1 aliphatic heterocycles. The first-order valence-electron chi connectivity index (χ1n) is 3.43. The Morgan fingerprint density at radius 2 is 2.50 bits per heavy atom. The molecule has 1 heterocycles. The van der Waals surface area contributed by atoms with Gasteiger partial charge in [-0.3, -0.25) is 5.43 Å². The molecule has 0 fully saturated rings. The summed E-state index contributed by atoms with van der Waals surface area (Å²) in [5.74, 6) is 0.639. The molecular weight excluding hydrogens is 150 g/mol. The summed E-state index contributed by atoms with van der Waals surface area (Å²) in [6, 6.07) is 0. The molecule has 4 heteroatoms. The van der Waals surface area contributed by atoms with E-state index in [1.807, 2.05) is 0 Å². The second-order valence-corrected chi connectivity index (χ2v) is 3.25. The minimum Gasteiger partial charge on any atom is -0.285 e. The summed E-state index contributed by atoms with van der Waals surface area (Å²) >= 11 is 5.74. The smallest absolute Gasteiger partial charge is 0.132 e. The summed E-state index contributed by atoms with van der Waals surface area (Å²) in [5, 5.41) is 3.82. The fourth-order valence-corrected chi connectivity index (χ4v) is 1.08. The third-order valence-electron chi connectivity index (χ3n) is 1.38. The quantitative estimate of drug-likeness (QED) is 0.620. The summed E-state index contributed by atoms with van der Waals surface area (Å²) in [6.07, 6.45) is 2.79. The van der Waals surface area contributed by atoms with E-state index in [0.29, 0.717) is 5.92 Å². The number of halogens is 1. The highest BCUT2D eigenvalue weighted by Crippen LogP contribution is 2.12. The average molecular weight is 162 g/mol. The van der Waals surface area contributed by atoms with Crippen LogP contribution >= 0.6 is 11.8 Å². The molecule has 1 unspecified atom stereocenters. The monoisotopic (exact) mass is 161 g/mol. The Morgan fingerprint density at radius 3 is 2.90 bits per heavy atom. The largest absolute Gasteiger partial charge is 0.285 e. The van der Waals surface area contributed by atoms with Crippen molar-refractivity contribution in [3.8, 4) is 0 Å². The van der Waals surface area contributed by atoms with Gasteiger partial charge >= 0.3 is 0 Å². The molecule has 0 saturated carbocycles. The van der Waals surface area contributed by atoms with Crippen LogP contribution in [0.2, 0.25) is 0 Å². The highest BCUT2D eigenvalue weighted by molar-refractivity contribution is 6.19. The van der Waals surface area contributed by atoms with Crippen LogP contribution in [0.5, 0.6) is 0 Å². The second-order valence-electron chi connectivity index (χ2n) is 2.86. The van der Waals surface area contributed by atoms with Gasteiger partial charge in [-0.25, -0.2) is 4.42 Å². The van der Waals surface area contributed by atoms with Gasteiger partial charge in [-0.2, -0.15) is 5.10 Å². The predicted octanol–water partition coefficient (Wildman–Crippen LogP) is 1.36. The van der Waals surface area contributed by atoms with Gasteiger partial charge in [-0.05, 0) is 12.3 Å². The highest BCUT2D eigenvalue weighted by atomic mass is 35.5. The van der Waals surface area contributed by atoms with E-state index in [1.165, 1.54) is 0 Å². The molecular formula is C6H12ClN3. The van der Waals surface area contributed by atoms with Crippen LogP contribution in [0.4, 0.5) is 0 Å². The van der Waals surface area contributed by atoms with E-state index in [4.69, 9.17) is 11.8 Å². The molecule has 1 aliphatic rings. The van der Waals surface area contributed by atoms with Crippen molar-refractivity contribution in [2.45, 2.75) is 26.4 Å². The van der Waals surface area contributed by atoms with Crippen LogP contribution < -0.4 is 5.43 Å². The molecule has 0 aliphatic carbocycles. The molecule has 0 radical (unpaired) electrons. The number of hydrogen-bond acceptors (Lipinski definition) is 3. The molecule has 1 rings (SSSR count). The zero-order valence-corrected chi connectivity index (χ0v) is 6.97. The molecule has 0 bridgehead atoms. The SMILES string of the molecule is CC(C)CC1NN=CN1Cl. The Hall–Kier alpha value is -0.440. The molecule has 0 spiro atoms. The van der Waals surface area contributed by atoms with Gasteiger partial charge in [-0.1, -0.05) is 13.8 Å². The molecule has 10 heavy (non-hydrogen) atoms. The molecule has 1 atom stereocenters. The molecule has 0 aromatic rings. The number of hydrogen-bond donors (Lipinski definition) is 1. The van der Waals surface area contributed by atoms with Gasteiger partial charge in [0.1, 0.15) is 12.5 Å². The first-order valence-corrected chi connectivity index (χ1v) is 3.77. The maximum absolute atomic E-state index is 5.74. The molecule has 0 aromatic heterocycles. The summed E-state index contributed by atoms with van der Waals surface area (Å²) in [4.78, 5) is 0. The number of nitrogens with one attached hydrogen (secondary N) is 1. The van der Waals surface area contributed by atoms with Crippen LogP contribution in [0.1, 0.15) is 20.3 Å². The molecule has 0 amide bonds. The lowest BCUT2D eigenvalue weighted by Crippen LogP contribution is -2.31. The van der Waals surface area contributed by atoms with E-state index in [2.05, 4.69) is 24.4 Å². The number of nitrogens with zero attached hydrogens (tertiary/aromatic N) is 2. The Balaban J connectivity index is 2.30. The summed E-state index contributed by atoms with van der Waals surface area (Å²) in [5.41, 5.74) is 2.90. The molecule has 58 valence electrons. The van der Waals surface area contributed by atoms with E-state index < -0.39 is 0 Å². The predicted molar refractivity (Wildman–Crippen MR) is 42.6 cm³/mol. The van der Waals surface area contributed by atoms with E-state index in [0.717, 1.165) is 6.42 Å². The van der Waals surface area contributed by atoms with Gasteiger partial charge in [0.15, 0.2) is 0 Å². The van der Waals surface area contributed by atoms with E-state index in [-0.39, 0.29) is 6.17 Å². The van der Waals surface area contributed by atoms with Crippen molar-refractivity contribution < 1.29 is 0 Å². The van der Waals surface area contributed by atoms with Crippen molar-refractivity contribution in [1.29, 1.82) is 0 Å². The minimum absolute atomic E-state index is 0.182. The van der Waals surface area contributed by atoms with Crippen molar-refractivity contribution in [1.82, 2.24) is 9.84 Å². The molecule has 0 saturated heterocycles. The average Bonchev–Trinajstić information content (AvgIpc) is 2.15. The lowest BCUT2D eigenvalue weighted by molar-refractivity contribution is 0.357. The van der Waals surface area contributed by atoms with Crippen molar-refractivity contribution in [2.24, 2.45) is 11.0 Å². The summed E-state index contributed by atoms with van der Waals surface area (Å²) in [6.45, 7) is 4.31. The Kier molecular flexibility index (Phi) is 2.38. The lowest BCUT2D eigenvalue weighted by Gasteiger charge is -2.17. The zero-order chi connectivity index (χ0) is 7.56. The van der Waals surface area contributed by atoms with E-state index in [1.54, 1.807) is 10.8 Å². The van der Waals surface area contributed by atoms with Gasteiger partial charge in [0.25, 0.3) is 0 Å². The van der Waals surface area contributed by atoms with Crippen LogP contribution in [0.25, 0.3) is 0 Å². The number of rotatable bonds is 2. The van der Waals surface area contributed by atoms with Crippen LogP contribution in [-0.4, -0.2) is 16.9 Å². The van der Waals surface area contributed by atoms with E-state index >= 15 is 0 Å². The van der Waals surface area contributed by atoms with Gasteiger partial charge < -0.3 is 0 Å². The minimum atomic E-state index is 0.182. The van der Waals surface area contributed by atoms with Crippen LogP contribution in [0.3, 0.4) is 0 Å². The van der Waals surface area contributed by atoms with Crippen molar-refractivity contribution >= 4 is 18.1 Å². The Labute approximate surface area is 66.1 Å². The third-order valence-corrected chi connectivity index (χ3v) is 1.71. The molecule has 3 nitrogen and oxygen atoms in total. The highest BCUT2D eigenvalue weighted by Gasteiger charge is 2.18. The first-order chi connectivity index (χ1) is 4.70. The van der Waals surface area contributed by atoms with Gasteiger partial charge in [-0.15, -0.1) is 0 Å². The maximum atomic E-state index is 5.74. The van der Waals surface area contributed by atoms with Crippen molar-refractivity contribution in [3.63, 3.8) is 0 Å². The third kappa shape index (κ3) is 1.77. The second kappa shape index (κ2) is 3.10. The van der Waals surface area contributed by atoms with Gasteiger partial charge in [0.05, 0.1) is 0 Å². The molecule has 0 aromatic carbocycles. The van der Waals surface area contributed by atoms with Crippen molar-refractivity contribution in [2.75, 3.05) is 0 Å². The van der Waals surface area contributed by atoms with Crippen LogP contribution in [0.15, 0.2) is 5.10 Å². The fraction of sp³-hybridized carbons (Fsp3) is 0.833. The standard InChI is InChI=1S/C6H12ClN3/c1-5(2)3-6-9-8-4-10(6)7/h4-6,9H,3H2,1-2H3. The maximum Gasteiger partial charge on any atom is 0.132 e. The Morgan fingerprint density at radius 1 is 1.80 bits per heavy atom.